The van der Waals surface area contributed by atoms with Gasteiger partial charge in [-0.25, -0.2) is 4.79 Å². The first-order valence-corrected chi connectivity index (χ1v) is 3.76. The van der Waals surface area contributed by atoms with Gasteiger partial charge in [-0.05, 0) is 0 Å². The summed E-state index contributed by atoms with van der Waals surface area (Å²) in [4.78, 5) is 10.2. The molecular formula is C8H17NO3. The van der Waals surface area contributed by atoms with Gasteiger partial charge in [-0.3, -0.25) is 0 Å². The summed E-state index contributed by atoms with van der Waals surface area (Å²) in [5.41, 5.74) is 0. The number of aliphatic hydroxyl groups is 1. The van der Waals surface area contributed by atoms with Crippen LogP contribution < -0.4 is 5.32 Å². The van der Waals surface area contributed by atoms with Crippen LogP contribution in [0.3, 0.4) is 0 Å². The molecule has 4 heteroatoms. The van der Waals surface area contributed by atoms with Crippen molar-refractivity contribution >= 4 is 6.09 Å². The van der Waals surface area contributed by atoms with Crippen molar-refractivity contribution in [1.29, 1.82) is 0 Å². The Morgan fingerprint density at radius 1 is 1.58 bits per heavy atom. The van der Waals surface area contributed by atoms with Crippen LogP contribution in [0, 0.1) is 0 Å². The minimum Gasteiger partial charge on any atom is -0.511 e. The fraction of sp³-hybridized carbons (Fsp3) is 0.625. The van der Waals surface area contributed by atoms with E-state index in [2.05, 4.69) is 30.5 Å². The van der Waals surface area contributed by atoms with Gasteiger partial charge in [0.2, 0.25) is 0 Å². The fourth-order valence-electron chi connectivity index (χ4n) is 0.246. The van der Waals surface area contributed by atoms with E-state index in [0.29, 0.717) is 0 Å². The molecule has 0 saturated carbocycles. The highest BCUT2D eigenvalue weighted by molar-refractivity contribution is 5.67. The Bertz CT molecular complexity index is 134. The van der Waals surface area contributed by atoms with Crippen molar-refractivity contribution in [1.82, 2.24) is 5.32 Å². The number of carbonyl (C=O) groups excluding carboxylic acids is 1. The molecule has 72 valence electrons. The lowest BCUT2D eigenvalue weighted by Crippen LogP contribution is -2.24. The number of ether oxygens (including phenoxy) is 1. The van der Waals surface area contributed by atoms with Crippen molar-refractivity contribution in [2.75, 3.05) is 13.7 Å². The Labute approximate surface area is 73.2 Å². The third kappa shape index (κ3) is 15.9. The van der Waals surface area contributed by atoms with Gasteiger partial charge in [0.25, 0.3) is 0 Å². The van der Waals surface area contributed by atoms with E-state index in [9.17, 15) is 4.79 Å². The SMILES string of the molecule is C=C(O)CNC(=O)OC.CCC. The average Bonchev–Trinajstić information content (AvgIpc) is 2.01. The van der Waals surface area contributed by atoms with Crippen LogP contribution in [-0.4, -0.2) is 24.9 Å². The van der Waals surface area contributed by atoms with E-state index < -0.39 is 6.09 Å². The van der Waals surface area contributed by atoms with Crippen molar-refractivity contribution in [2.45, 2.75) is 20.3 Å². The van der Waals surface area contributed by atoms with E-state index in [0.717, 1.165) is 0 Å². The predicted octanol–water partition coefficient (Wildman–Crippen LogP) is 1.83. The number of rotatable bonds is 2. The van der Waals surface area contributed by atoms with E-state index in [4.69, 9.17) is 5.11 Å². The Kier molecular flexibility index (Phi) is 11.0. The number of alkyl carbamates (subject to hydrolysis) is 1. The first kappa shape index (κ1) is 13.4. The van der Waals surface area contributed by atoms with Gasteiger partial charge in [0.1, 0.15) is 5.76 Å². The van der Waals surface area contributed by atoms with E-state index in [1.165, 1.54) is 13.5 Å². The fourth-order valence-corrected chi connectivity index (χ4v) is 0.246. The first-order valence-electron chi connectivity index (χ1n) is 3.76. The van der Waals surface area contributed by atoms with Crippen LogP contribution in [0.15, 0.2) is 12.3 Å². The summed E-state index contributed by atoms with van der Waals surface area (Å²) in [7, 11) is 1.25. The van der Waals surface area contributed by atoms with E-state index >= 15 is 0 Å². The standard InChI is InChI=1S/C5H9NO3.C3H8/c1-4(7)3-6-5(8)9-2;1-3-2/h7H,1,3H2,2H3,(H,6,8);3H2,1-2H3. The zero-order valence-corrected chi connectivity index (χ0v) is 7.89. The van der Waals surface area contributed by atoms with Crippen molar-refractivity contribution in [3.05, 3.63) is 12.3 Å². The Hall–Kier alpha value is -1.19. The lowest BCUT2D eigenvalue weighted by atomic mass is 10.6. The molecule has 2 N–H and O–H groups in total. The molecule has 0 aliphatic carbocycles. The molecule has 0 bridgehead atoms. The Morgan fingerprint density at radius 2 is 2.00 bits per heavy atom. The van der Waals surface area contributed by atoms with Crippen LogP contribution in [0.25, 0.3) is 0 Å². The number of aliphatic hydroxyl groups excluding tert-OH is 1. The number of hydrogen-bond donors (Lipinski definition) is 2. The van der Waals surface area contributed by atoms with Gasteiger partial charge >= 0.3 is 6.09 Å². The summed E-state index contributed by atoms with van der Waals surface area (Å²) >= 11 is 0. The van der Waals surface area contributed by atoms with Crippen LogP contribution in [0.1, 0.15) is 20.3 Å². The summed E-state index contributed by atoms with van der Waals surface area (Å²) in [5, 5.41) is 10.7. The average molecular weight is 175 g/mol. The second-order valence-electron chi connectivity index (χ2n) is 2.12. The van der Waals surface area contributed by atoms with Crippen LogP contribution in [0.2, 0.25) is 0 Å². The molecule has 0 aliphatic rings. The van der Waals surface area contributed by atoms with Gasteiger partial charge in [0.05, 0.1) is 13.7 Å². The molecule has 0 fully saturated rings. The minimum absolute atomic E-state index is 0.0344. The highest BCUT2D eigenvalue weighted by Gasteiger charge is 1.95. The number of methoxy groups -OCH3 is 1. The molecule has 0 aromatic rings. The third-order valence-corrected chi connectivity index (χ3v) is 0.622. The van der Waals surface area contributed by atoms with Crippen molar-refractivity contribution in [2.24, 2.45) is 0 Å². The number of hydrogen-bond acceptors (Lipinski definition) is 3. The Balaban J connectivity index is 0. The van der Waals surface area contributed by atoms with Gasteiger partial charge in [-0.15, -0.1) is 0 Å². The molecule has 12 heavy (non-hydrogen) atoms. The second-order valence-corrected chi connectivity index (χ2v) is 2.12. The maximum Gasteiger partial charge on any atom is 0.407 e. The first-order chi connectivity index (χ1) is 5.58. The normalized spacial score (nSPS) is 7.58. The quantitative estimate of drug-likeness (QED) is 0.629. The number of carbonyl (C=O) groups is 1. The molecule has 0 heterocycles. The molecule has 0 unspecified atom stereocenters. The van der Waals surface area contributed by atoms with Crippen LogP contribution in [0.4, 0.5) is 4.79 Å². The van der Waals surface area contributed by atoms with Crippen molar-refractivity contribution < 1.29 is 14.6 Å². The summed E-state index contributed by atoms with van der Waals surface area (Å²) in [6, 6.07) is 0. The maximum atomic E-state index is 10.2. The molecule has 0 atom stereocenters. The summed E-state index contributed by atoms with van der Waals surface area (Å²) in [5.74, 6) is -0.0969. The molecule has 1 amide bonds. The summed E-state index contributed by atoms with van der Waals surface area (Å²) < 4.78 is 4.20. The smallest absolute Gasteiger partial charge is 0.407 e. The molecular weight excluding hydrogens is 158 g/mol. The summed E-state index contributed by atoms with van der Waals surface area (Å²) in [6.07, 6.45) is 0.671. The van der Waals surface area contributed by atoms with Gasteiger partial charge in [-0.2, -0.15) is 0 Å². The molecule has 0 aromatic heterocycles. The molecule has 0 saturated heterocycles. The largest absolute Gasteiger partial charge is 0.511 e. The molecule has 0 spiro atoms. The highest BCUT2D eigenvalue weighted by atomic mass is 16.5. The van der Waals surface area contributed by atoms with E-state index in [-0.39, 0.29) is 12.3 Å². The lowest BCUT2D eigenvalue weighted by Gasteiger charge is -1.99. The van der Waals surface area contributed by atoms with Gasteiger partial charge < -0.3 is 15.2 Å². The minimum atomic E-state index is -0.579. The zero-order valence-electron chi connectivity index (χ0n) is 7.89. The molecule has 4 nitrogen and oxygen atoms in total. The van der Waals surface area contributed by atoms with Crippen LogP contribution in [-0.2, 0) is 4.74 Å². The zero-order chi connectivity index (χ0) is 9.98. The van der Waals surface area contributed by atoms with E-state index in [1.807, 2.05) is 0 Å². The molecule has 0 rings (SSSR count). The van der Waals surface area contributed by atoms with Crippen LogP contribution in [0.5, 0.6) is 0 Å². The number of nitrogens with one attached hydrogen (secondary N) is 1. The Morgan fingerprint density at radius 3 is 2.25 bits per heavy atom. The van der Waals surface area contributed by atoms with Gasteiger partial charge in [0, 0.05) is 0 Å². The molecule has 0 aromatic carbocycles. The molecule has 0 aliphatic heterocycles. The maximum absolute atomic E-state index is 10.2. The lowest BCUT2D eigenvalue weighted by molar-refractivity contribution is 0.170. The van der Waals surface area contributed by atoms with Crippen molar-refractivity contribution in [3.63, 3.8) is 0 Å². The highest BCUT2D eigenvalue weighted by Crippen LogP contribution is 1.77. The third-order valence-electron chi connectivity index (χ3n) is 0.622. The van der Waals surface area contributed by atoms with Crippen LogP contribution >= 0.6 is 0 Å². The monoisotopic (exact) mass is 175 g/mol. The predicted molar refractivity (Wildman–Crippen MR) is 48.1 cm³/mol. The van der Waals surface area contributed by atoms with Gasteiger partial charge in [-0.1, -0.05) is 26.8 Å². The number of amides is 1. The summed E-state index contributed by atoms with van der Waals surface area (Å²) in [6.45, 7) is 7.43. The van der Waals surface area contributed by atoms with Gasteiger partial charge in [0.15, 0.2) is 0 Å². The molecule has 0 radical (unpaired) electrons. The van der Waals surface area contributed by atoms with Crippen molar-refractivity contribution in [3.8, 4) is 0 Å². The second kappa shape index (κ2) is 9.81. The topological polar surface area (TPSA) is 58.6 Å². The van der Waals surface area contributed by atoms with E-state index in [1.54, 1.807) is 0 Å².